The van der Waals surface area contributed by atoms with Gasteiger partial charge >= 0.3 is 0 Å². The lowest BCUT2D eigenvalue weighted by molar-refractivity contribution is 0.102. The summed E-state index contributed by atoms with van der Waals surface area (Å²) in [5, 5.41) is 4.27. The number of anilines is 1. The van der Waals surface area contributed by atoms with Gasteiger partial charge in [-0.05, 0) is 48.9 Å². The van der Waals surface area contributed by atoms with Crippen LogP contribution in [0.1, 0.15) is 15.9 Å². The van der Waals surface area contributed by atoms with Gasteiger partial charge in [0.1, 0.15) is 10.8 Å². The fourth-order valence-electron chi connectivity index (χ4n) is 3.05. The molecule has 3 aromatic carbocycles. The average Bonchev–Trinajstić information content (AvgIpc) is 3.11. The molecule has 0 aliphatic rings. The highest BCUT2D eigenvalue weighted by Crippen LogP contribution is 2.35. The summed E-state index contributed by atoms with van der Waals surface area (Å²) in [7, 11) is 1.56. The SMILES string of the molecule is COc1c(C)cccc1C(=O)Nc1ccc(-c2nc3ccccc3s2)c(Cl)c1. The molecule has 28 heavy (non-hydrogen) atoms. The van der Waals surface area contributed by atoms with Crippen molar-refractivity contribution in [1.82, 2.24) is 4.98 Å². The minimum atomic E-state index is -0.246. The summed E-state index contributed by atoms with van der Waals surface area (Å²) in [6.07, 6.45) is 0. The standard InChI is InChI=1S/C22H17ClN2O2S/c1-13-6-5-7-16(20(13)27-2)21(26)24-14-10-11-15(17(23)12-14)22-25-18-8-3-4-9-19(18)28-22/h3-12H,1-2H3,(H,24,26). The number of carbonyl (C=O) groups excluding carboxylic acids is 1. The maximum Gasteiger partial charge on any atom is 0.259 e. The maximum absolute atomic E-state index is 12.7. The van der Waals surface area contributed by atoms with E-state index in [1.165, 1.54) is 0 Å². The van der Waals surface area contributed by atoms with E-state index in [1.54, 1.807) is 30.6 Å². The molecule has 4 rings (SSSR count). The van der Waals surface area contributed by atoms with Gasteiger partial charge in [0, 0.05) is 11.3 Å². The highest BCUT2D eigenvalue weighted by Gasteiger charge is 2.15. The number of carbonyl (C=O) groups is 1. The van der Waals surface area contributed by atoms with Gasteiger partial charge in [0.15, 0.2) is 0 Å². The first-order valence-electron chi connectivity index (χ1n) is 8.67. The van der Waals surface area contributed by atoms with E-state index in [4.69, 9.17) is 16.3 Å². The lowest BCUT2D eigenvalue weighted by atomic mass is 10.1. The number of thiazole rings is 1. The molecule has 0 atom stereocenters. The number of methoxy groups -OCH3 is 1. The normalized spacial score (nSPS) is 10.8. The van der Waals surface area contributed by atoms with Crippen LogP contribution in [0.5, 0.6) is 5.75 Å². The second-order valence-electron chi connectivity index (χ2n) is 6.29. The van der Waals surface area contributed by atoms with Crippen LogP contribution in [-0.2, 0) is 0 Å². The maximum atomic E-state index is 12.7. The Morgan fingerprint density at radius 1 is 1.11 bits per heavy atom. The van der Waals surface area contributed by atoms with Crippen molar-refractivity contribution < 1.29 is 9.53 Å². The summed E-state index contributed by atoms with van der Waals surface area (Å²) in [6.45, 7) is 1.90. The smallest absolute Gasteiger partial charge is 0.259 e. The fraction of sp³-hybridized carbons (Fsp3) is 0.0909. The third-order valence-corrected chi connectivity index (χ3v) is 5.79. The van der Waals surface area contributed by atoms with Crippen LogP contribution in [0.3, 0.4) is 0 Å². The van der Waals surface area contributed by atoms with Crippen molar-refractivity contribution in [3.63, 3.8) is 0 Å². The largest absolute Gasteiger partial charge is 0.496 e. The van der Waals surface area contributed by atoms with Crippen LogP contribution in [0.15, 0.2) is 60.7 Å². The van der Waals surface area contributed by atoms with E-state index in [0.29, 0.717) is 22.0 Å². The molecule has 1 aromatic heterocycles. The Balaban J connectivity index is 1.61. The summed E-state index contributed by atoms with van der Waals surface area (Å²) in [4.78, 5) is 17.3. The number of aromatic nitrogens is 1. The van der Waals surface area contributed by atoms with Crippen molar-refractivity contribution >= 4 is 44.7 Å². The van der Waals surface area contributed by atoms with Gasteiger partial charge in [0.2, 0.25) is 0 Å². The summed E-state index contributed by atoms with van der Waals surface area (Å²) in [5.41, 5.74) is 3.79. The van der Waals surface area contributed by atoms with E-state index < -0.39 is 0 Å². The highest BCUT2D eigenvalue weighted by atomic mass is 35.5. The van der Waals surface area contributed by atoms with Gasteiger partial charge in [0.05, 0.1) is 27.9 Å². The van der Waals surface area contributed by atoms with Crippen molar-refractivity contribution in [3.8, 4) is 16.3 Å². The monoisotopic (exact) mass is 408 g/mol. The number of para-hydroxylation sites is 2. The van der Waals surface area contributed by atoms with E-state index >= 15 is 0 Å². The van der Waals surface area contributed by atoms with Gasteiger partial charge < -0.3 is 10.1 Å². The number of benzene rings is 3. The number of amides is 1. The number of ether oxygens (including phenoxy) is 1. The van der Waals surface area contributed by atoms with Crippen LogP contribution in [0, 0.1) is 6.92 Å². The number of halogens is 1. The molecule has 0 spiro atoms. The molecule has 0 aliphatic carbocycles. The summed E-state index contributed by atoms with van der Waals surface area (Å²) >= 11 is 8.08. The van der Waals surface area contributed by atoms with E-state index in [1.807, 2.05) is 55.5 Å². The fourth-order valence-corrected chi connectivity index (χ4v) is 4.39. The van der Waals surface area contributed by atoms with Crippen LogP contribution in [0.2, 0.25) is 5.02 Å². The minimum absolute atomic E-state index is 0.246. The molecule has 1 N–H and O–H groups in total. The average molecular weight is 409 g/mol. The number of nitrogens with one attached hydrogen (secondary N) is 1. The van der Waals surface area contributed by atoms with Gasteiger partial charge in [-0.3, -0.25) is 4.79 Å². The molecule has 4 aromatic rings. The Morgan fingerprint density at radius 3 is 2.68 bits per heavy atom. The number of rotatable bonds is 4. The molecule has 6 heteroatoms. The molecule has 1 heterocycles. The molecule has 0 fully saturated rings. The van der Waals surface area contributed by atoms with E-state index in [9.17, 15) is 4.79 Å². The van der Waals surface area contributed by atoms with Gasteiger partial charge in [0.25, 0.3) is 5.91 Å². The number of nitrogens with zero attached hydrogens (tertiary/aromatic N) is 1. The second kappa shape index (κ2) is 7.62. The first-order valence-corrected chi connectivity index (χ1v) is 9.86. The first kappa shape index (κ1) is 18.5. The van der Waals surface area contributed by atoms with Gasteiger partial charge in [-0.1, -0.05) is 35.9 Å². The Labute approximate surface area is 171 Å². The number of hydrogen-bond donors (Lipinski definition) is 1. The van der Waals surface area contributed by atoms with Crippen molar-refractivity contribution in [2.24, 2.45) is 0 Å². The topological polar surface area (TPSA) is 51.2 Å². The van der Waals surface area contributed by atoms with Gasteiger partial charge in [-0.2, -0.15) is 0 Å². The van der Waals surface area contributed by atoms with Crippen LogP contribution < -0.4 is 10.1 Å². The number of fused-ring (bicyclic) bond motifs is 1. The van der Waals surface area contributed by atoms with E-state index in [-0.39, 0.29) is 5.91 Å². The molecule has 0 unspecified atom stereocenters. The third kappa shape index (κ3) is 3.46. The molecular weight excluding hydrogens is 392 g/mol. The second-order valence-corrected chi connectivity index (χ2v) is 7.73. The molecule has 1 amide bonds. The number of aryl methyl sites for hydroxylation is 1. The highest BCUT2D eigenvalue weighted by molar-refractivity contribution is 7.21. The quantitative estimate of drug-likeness (QED) is 0.438. The lowest BCUT2D eigenvalue weighted by Gasteiger charge is -2.12. The molecule has 0 bridgehead atoms. The molecule has 0 aliphatic heterocycles. The van der Waals surface area contributed by atoms with Crippen LogP contribution in [0.4, 0.5) is 5.69 Å². The zero-order chi connectivity index (χ0) is 19.7. The summed E-state index contributed by atoms with van der Waals surface area (Å²) in [6, 6.07) is 18.9. The van der Waals surface area contributed by atoms with Crippen LogP contribution in [0.25, 0.3) is 20.8 Å². The summed E-state index contributed by atoms with van der Waals surface area (Å²) in [5.74, 6) is 0.321. The van der Waals surface area contributed by atoms with Gasteiger partial charge in [-0.15, -0.1) is 11.3 Å². The Hall–Kier alpha value is -2.89. The first-order chi connectivity index (χ1) is 13.6. The van der Waals surface area contributed by atoms with Crippen molar-refractivity contribution in [1.29, 1.82) is 0 Å². The Bertz CT molecular complexity index is 1150. The van der Waals surface area contributed by atoms with Crippen molar-refractivity contribution in [3.05, 3.63) is 76.8 Å². The molecule has 0 saturated carbocycles. The predicted molar refractivity (Wildman–Crippen MR) is 116 cm³/mol. The van der Waals surface area contributed by atoms with Crippen molar-refractivity contribution in [2.45, 2.75) is 6.92 Å². The number of hydrogen-bond acceptors (Lipinski definition) is 4. The lowest BCUT2D eigenvalue weighted by Crippen LogP contribution is -2.13. The third-order valence-electron chi connectivity index (χ3n) is 4.41. The minimum Gasteiger partial charge on any atom is -0.496 e. The van der Waals surface area contributed by atoms with E-state index in [0.717, 1.165) is 26.4 Å². The molecule has 0 radical (unpaired) electrons. The van der Waals surface area contributed by atoms with Crippen molar-refractivity contribution in [2.75, 3.05) is 12.4 Å². The van der Waals surface area contributed by atoms with Crippen LogP contribution >= 0.6 is 22.9 Å². The van der Waals surface area contributed by atoms with Crippen LogP contribution in [-0.4, -0.2) is 18.0 Å². The summed E-state index contributed by atoms with van der Waals surface area (Å²) < 4.78 is 6.48. The Kier molecular flexibility index (Phi) is 5.03. The zero-order valence-electron chi connectivity index (χ0n) is 15.3. The molecule has 0 saturated heterocycles. The Morgan fingerprint density at radius 2 is 1.93 bits per heavy atom. The molecule has 140 valence electrons. The molecular formula is C22H17ClN2O2S. The van der Waals surface area contributed by atoms with E-state index in [2.05, 4.69) is 10.3 Å². The molecule has 4 nitrogen and oxygen atoms in total. The zero-order valence-corrected chi connectivity index (χ0v) is 16.9. The van der Waals surface area contributed by atoms with Gasteiger partial charge in [-0.25, -0.2) is 4.98 Å². The predicted octanol–water partition coefficient (Wildman–Crippen LogP) is 6.19.